The average Bonchev–Trinajstić information content (AvgIpc) is 2.10. The molecule has 3 heteroatoms. The van der Waals surface area contributed by atoms with Gasteiger partial charge in [0.15, 0.2) is 0 Å². The summed E-state index contributed by atoms with van der Waals surface area (Å²) in [5.41, 5.74) is 0. The minimum Gasteiger partial charge on any atom is -0.376 e. The van der Waals surface area contributed by atoms with Crippen molar-refractivity contribution in [2.45, 2.75) is 38.9 Å². The SMILES string of the molecule is CC1CCOC(C)C1OCCC#N. The third kappa shape index (κ3) is 2.98. The molecule has 1 rings (SSSR count). The van der Waals surface area contributed by atoms with Crippen molar-refractivity contribution in [3.63, 3.8) is 0 Å². The van der Waals surface area contributed by atoms with Crippen LogP contribution in [0.15, 0.2) is 0 Å². The molecule has 0 amide bonds. The number of ether oxygens (including phenoxy) is 2. The number of hydrogen-bond acceptors (Lipinski definition) is 3. The summed E-state index contributed by atoms with van der Waals surface area (Å²) in [6.45, 7) is 5.57. The van der Waals surface area contributed by atoms with Gasteiger partial charge in [-0.15, -0.1) is 0 Å². The van der Waals surface area contributed by atoms with Gasteiger partial charge in [-0.1, -0.05) is 6.92 Å². The normalized spacial score (nSPS) is 34.1. The molecule has 0 radical (unpaired) electrons. The van der Waals surface area contributed by atoms with Gasteiger partial charge in [0.05, 0.1) is 31.3 Å². The zero-order valence-corrected chi connectivity index (χ0v) is 8.32. The van der Waals surface area contributed by atoms with E-state index in [1.807, 2.05) is 6.92 Å². The van der Waals surface area contributed by atoms with Crippen LogP contribution in [-0.4, -0.2) is 25.4 Å². The van der Waals surface area contributed by atoms with Crippen molar-refractivity contribution in [2.24, 2.45) is 5.92 Å². The van der Waals surface area contributed by atoms with Crippen molar-refractivity contribution in [3.8, 4) is 6.07 Å². The summed E-state index contributed by atoms with van der Waals surface area (Å²) in [5.74, 6) is 0.544. The van der Waals surface area contributed by atoms with Gasteiger partial charge in [0.25, 0.3) is 0 Å². The summed E-state index contributed by atoms with van der Waals surface area (Å²) >= 11 is 0. The third-order valence-electron chi connectivity index (χ3n) is 2.50. The van der Waals surface area contributed by atoms with Crippen LogP contribution in [0.4, 0.5) is 0 Å². The first-order chi connectivity index (χ1) is 6.25. The Morgan fingerprint density at radius 1 is 1.54 bits per heavy atom. The lowest BCUT2D eigenvalue weighted by molar-refractivity contribution is -0.122. The Labute approximate surface area is 79.6 Å². The molecule has 0 aromatic heterocycles. The second-order valence-electron chi connectivity index (χ2n) is 3.59. The number of nitriles is 1. The predicted octanol–water partition coefficient (Wildman–Crippen LogP) is 1.73. The summed E-state index contributed by atoms with van der Waals surface area (Å²) in [4.78, 5) is 0. The van der Waals surface area contributed by atoms with Gasteiger partial charge >= 0.3 is 0 Å². The Morgan fingerprint density at radius 2 is 2.31 bits per heavy atom. The molecule has 0 saturated carbocycles. The molecule has 3 atom stereocenters. The highest BCUT2D eigenvalue weighted by atomic mass is 16.5. The first-order valence-electron chi connectivity index (χ1n) is 4.86. The second-order valence-corrected chi connectivity index (χ2v) is 3.59. The van der Waals surface area contributed by atoms with Crippen LogP contribution >= 0.6 is 0 Å². The second kappa shape index (κ2) is 5.21. The molecule has 3 nitrogen and oxygen atoms in total. The van der Waals surface area contributed by atoms with Gasteiger partial charge in [-0.3, -0.25) is 0 Å². The van der Waals surface area contributed by atoms with Gasteiger partial charge in [0.2, 0.25) is 0 Å². The van der Waals surface area contributed by atoms with Crippen LogP contribution in [0.3, 0.4) is 0 Å². The van der Waals surface area contributed by atoms with Crippen molar-refractivity contribution in [2.75, 3.05) is 13.2 Å². The number of nitrogens with zero attached hydrogens (tertiary/aromatic N) is 1. The minimum absolute atomic E-state index is 0.169. The molecule has 1 saturated heterocycles. The molecule has 3 unspecified atom stereocenters. The van der Waals surface area contributed by atoms with Crippen LogP contribution in [-0.2, 0) is 9.47 Å². The fourth-order valence-corrected chi connectivity index (χ4v) is 1.70. The van der Waals surface area contributed by atoms with E-state index >= 15 is 0 Å². The molecule has 13 heavy (non-hydrogen) atoms. The highest BCUT2D eigenvalue weighted by Crippen LogP contribution is 2.22. The number of rotatable bonds is 3. The monoisotopic (exact) mass is 183 g/mol. The van der Waals surface area contributed by atoms with E-state index in [2.05, 4.69) is 13.0 Å². The predicted molar refractivity (Wildman–Crippen MR) is 49.2 cm³/mol. The van der Waals surface area contributed by atoms with Gasteiger partial charge in [-0.25, -0.2) is 0 Å². The molecule has 0 spiro atoms. The van der Waals surface area contributed by atoms with E-state index < -0.39 is 0 Å². The van der Waals surface area contributed by atoms with Crippen molar-refractivity contribution < 1.29 is 9.47 Å². The van der Waals surface area contributed by atoms with Crippen LogP contribution < -0.4 is 0 Å². The van der Waals surface area contributed by atoms with Crippen LogP contribution in [0.25, 0.3) is 0 Å². The Bertz CT molecular complexity index is 178. The lowest BCUT2D eigenvalue weighted by atomic mass is 9.95. The number of hydrogen-bond donors (Lipinski definition) is 0. The van der Waals surface area contributed by atoms with Crippen LogP contribution in [0, 0.1) is 17.2 Å². The molecule has 0 aromatic rings. The molecule has 74 valence electrons. The van der Waals surface area contributed by atoms with E-state index in [0.717, 1.165) is 13.0 Å². The summed E-state index contributed by atoms with van der Waals surface area (Å²) in [5, 5.41) is 8.37. The van der Waals surface area contributed by atoms with Gasteiger partial charge < -0.3 is 9.47 Å². The van der Waals surface area contributed by atoms with E-state index in [4.69, 9.17) is 14.7 Å². The fraction of sp³-hybridized carbons (Fsp3) is 0.900. The van der Waals surface area contributed by atoms with Crippen molar-refractivity contribution in [3.05, 3.63) is 0 Å². The molecule has 1 aliphatic heterocycles. The highest BCUT2D eigenvalue weighted by Gasteiger charge is 2.28. The van der Waals surface area contributed by atoms with Crippen LogP contribution in [0.1, 0.15) is 26.7 Å². The van der Waals surface area contributed by atoms with E-state index in [9.17, 15) is 0 Å². The Balaban J connectivity index is 2.31. The lowest BCUT2D eigenvalue weighted by Gasteiger charge is -2.34. The molecule has 0 N–H and O–H groups in total. The molecule has 1 fully saturated rings. The Hall–Kier alpha value is -0.590. The molecular formula is C10H17NO2. The lowest BCUT2D eigenvalue weighted by Crippen LogP contribution is -2.40. The molecule has 1 aliphatic rings. The quantitative estimate of drug-likeness (QED) is 0.626. The van der Waals surface area contributed by atoms with Gasteiger partial charge in [-0.2, -0.15) is 5.26 Å². The van der Waals surface area contributed by atoms with E-state index in [1.165, 1.54) is 0 Å². The maximum Gasteiger partial charge on any atom is 0.0860 e. The first kappa shape index (κ1) is 10.5. The topological polar surface area (TPSA) is 42.2 Å². The van der Waals surface area contributed by atoms with E-state index in [0.29, 0.717) is 18.9 Å². The molecule has 1 heterocycles. The van der Waals surface area contributed by atoms with Gasteiger partial charge in [-0.05, 0) is 19.3 Å². The Kier molecular flexibility index (Phi) is 4.20. The highest BCUT2D eigenvalue weighted by molar-refractivity contribution is 4.78. The average molecular weight is 183 g/mol. The minimum atomic E-state index is 0.169. The standard InChI is InChI=1S/C10H17NO2/c1-8-4-7-12-9(2)10(8)13-6-3-5-11/h8-10H,3-4,6-7H2,1-2H3. The van der Waals surface area contributed by atoms with Gasteiger partial charge in [0, 0.05) is 6.61 Å². The first-order valence-corrected chi connectivity index (χ1v) is 4.86. The largest absolute Gasteiger partial charge is 0.376 e. The third-order valence-corrected chi connectivity index (χ3v) is 2.50. The van der Waals surface area contributed by atoms with E-state index in [1.54, 1.807) is 0 Å². The van der Waals surface area contributed by atoms with Crippen molar-refractivity contribution in [1.82, 2.24) is 0 Å². The van der Waals surface area contributed by atoms with Crippen molar-refractivity contribution in [1.29, 1.82) is 5.26 Å². The maximum atomic E-state index is 8.37. The summed E-state index contributed by atoms with van der Waals surface area (Å²) in [6.07, 6.45) is 1.86. The van der Waals surface area contributed by atoms with Gasteiger partial charge in [0.1, 0.15) is 0 Å². The maximum absolute atomic E-state index is 8.37. The smallest absolute Gasteiger partial charge is 0.0860 e. The molecule has 0 bridgehead atoms. The van der Waals surface area contributed by atoms with Crippen molar-refractivity contribution >= 4 is 0 Å². The van der Waals surface area contributed by atoms with Crippen LogP contribution in [0.5, 0.6) is 0 Å². The zero-order valence-electron chi connectivity index (χ0n) is 8.32. The summed E-state index contributed by atoms with van der Waals surface area (Å²) in [6, 6.07) is 2.07. The molecular weight excluding hydrogens is 166 g/mol. The molecule has 0 aliphatic carbocycles. The zero-order chi connectivity index (χ0) is 9.68. The fourth-order valence-electron chi connectivity index (χ4n) is 1.70. The summed E-state index contributed by atoms with van der Waals surface area (Å²) < 4.78 is 11.1. The van der Waals surface area contributed by atoms with Crippen LogP contribution in [0.2, 0.25) is 0 Å². The summed E-state index contributed by atoms with van der Waals surface area (Å²) in [7, 11) is 0. The molecule has 0 aromatic carbocycles. The van der Waals surface area contributed by atoms with E-state index in [-0.39, 0.29) is 12.2 Å². The Morgan fingerprint density at radius 3 is 2.92 bits per heavy atom.